The molecule has 3 aromatic carbocycles. The Kier molecular flexibility index (Phi) is 8.64. The molecule has 1 saturated heterocycles. The lowest BCUT2D eigenvalue weighted by atomic mass is 9.97. The van der Waals surface area contributed by atoms with Crippen molar-refractivity contribution < 1.29 is 14.4 Å². The lowest BCUT2D eigenvalue weighted by molar-refractivity contribution is -0.146. The first-order valence-electron chi connectivity index (χ1n) is 12.8. The predicted octanol–water partition coefficient (Wildman–Crippen LogP) is 4.94. The highest BCUT2D eigenvalue weighted by Gasteiger charge is 2.41. The molecule has 4 rings (SSSR count). The fraction of sp³-hybridized carbons (Fsp3) is 0.367. The number of hydrogen-bond donors (Lipinski definition) is 1. The van der Waals surface area contributed by atoms with Crippen molar-refractivity contribution in [3.05, 3.63) is 82.3 Å². The predicted molar refractivity (Wildman–Crippen MR) is 150 cm³/mol. The molecule has 0 bridgehead atoms. The van der Waals surface area contributed by atoms with Crippen LogP contribution in [0.15, 0.2) is 71.2 Å². The molecular weight excluding hydrogens is 530 g/mol. The summed E-state index contributed by atoms with van der Waals surface area (Å²) in [5, 5.41) is 4.96. The zero-order chi connectivity index (χ0) is 26.5. The minimum Gasteiger partial charge on any atom is -0.357 e. The van der Waals surface area contributed by atoms with E-state index in [1.807, 2.05) is 54.6 Å². The maximum absolute atomic E-state index is 14.1. The van der Waals surface area contributed by atoms with E-state index in [0.29, 0.717) is 19.4 Å². The number of carbonyl (C=O) groups is 3. The molecule has 6 nitrogen and oxygen atoms in total. The molecule has 7 heteroatoms. The summed E-state index contributed by atoms with van der Waals surface area (Å²) >= 11 is 3.45. The van der Waals surface area contributed by atoms with Crippen molar-refractivity contribution in [1.29, 1.82) is 0 Å². The highest BCUT2D eigenvalue weighted by atomic mass is 79.9. The van der Waals surface area contributed by atoms with Crippen LogP contribution in [0, 0.1) is 5.92 Å². The van der Waals surface area contributed by atoms with Crippen LogP contribution < -0.4 is 5.32 Å². The average molecular weight is 565 g/mol. The Morgan fingerprint density at radius 2 is 1.68 bits per heavy atom. The number of carbonyl (C=O) groups excluding carboxylic acids is 3. The maximum Gasteiger partial charge on any atom is 0.246 e. The molecular formula is C30H34BrN3O3. The van der Waals surface area contributed by atoms with Gasteiger partial charge in [0.05, 0.1) is 0 Å². The molecule has 0 aliphatic carbocycles. The van der Waals surface area contributed by atoms with Crippen molar-refractivity contribution in [3.63, 3.8) is 0 Å². The smallest absolute Gasteiger partial charge is 0.246 e. The summed E-state index contributed by atoms with van der Waals surface area (Å²) in [7, 11) is 1.59. The van der Waals surface area contributed by atoms with Crippen LogP contribution in [0.3, 0.4) is 0 Å². The molecule has 0 radical (unpaired) electrons. The minimum atomic E-state index is -0.700. The number of benzene rings is 3. The second-order valence-corrected chi connectivity index (χ2v) is 11.0. The fourth-order valence-electron chi connectivity index (χ4n) is 5.04. The van der Waals surface area contributed by atoms with Gasteiger partial charge in [-0.3, -0.25) is 14.4 Å². The van der Waals surface area contributed by atoms with Gasteiger partial charge in [-0.2, -0.15) is 0 Å². The molecule has 0 saturated carbocycles. The largest absolute Gasteiger partial charge is 0.357 e. The van der Waals surface area contributed by atoms with Crippen LogP contribution in [0.5, 0.6) is 0 Å². The van der Waals surface area contributed by atoms with Crippen LogP contribution in [0.4, 0.5) is 0 Å². The third-order valence-corrected chi connectivity index (χ3v) is 7.49. The first-order valence-corrected chi connectivity index (χ1v) is 13.6. The monoisotopic (exact) mass is 563 g/mol. The van der Waals surface area contributed by atoms with E-state index in [4.69, 9.17) is 0 Å². The Morgan fingerprint density at radius 3 is 2.35 bits per heavy atom. The summed E-state index contributed by atoms with van der Waals surface area (Å²) in [6.07, 6.45) is 1.10. The number of hydrogen-bond acceptors (Lipinski definition) is 3. The van der Waals surface area contributed by atoms with Crippen LogP contribution in [-0.2, 0) is 27.3 Å². The number of likely N-dealkylation sites (N-methyl/N-ethyl adjacent to an activating group) is 1. The number of fused-ring (bicyclic) bond motifs is 1. The van der Waals surface area contributed by atoms with Gasteiger partial charge in [0.2, 0.25) is 17.7 Å². The van der Waals surface area contributed by atoms with Gasteiger partial charge in [0.1, 0.15) is 12.1 Å². The second kappa shape index (κ2) is 11.9. The number of nitrogens with one attached hydrogen (secondary N) is 1. The van der Waals surface area contributed by atoms with Crippen LogP contribution in [0.1, 0.15) is 37.8 Å². The molecule has 1 heterocycles. The number of nitrogens with zero attached hydrogens (tertiary/aromatic N) is 2. The van der Waals surface area contributed by atoms with E-state index in [2.05, 4.69) is 47.2 Å². The molecule has 194 valence electrons. The van der Waals surface area contributed by atoms with Crippen molar-refractivity contribution in [3.8, 4) is 0 Å². The van der Waals surface area contributed by atoms with E-state index in [-0.39, 0.29) is 36.6 Å². The maximum atomic E-state index is 14.1. The SMILES string of the molecule is CNC(=O)[C@H](Cc1ccc2ccccc2c1)N1CCC(=O)N(Cc2ccc(Br)cc2)[C@@H](CC(C)C)C1=O. The molecule has 1 aliphatic heterocycles. The van der Waals surface area contributed by atoms with Gasteiger partial charge in [-0.05, 0) is 46.4 Å². The van der Waals surface area contributed by atoms with Crippen molar-refractivity contribution in [1.82, 2.24) is 15.1 Å². The first kappa shape index (κ1) is 26.9. The summed E-state index contributed by atoms with van der Waals surface area (Å²) in [6.45, 7) is 4.68. The van der Waals surface area contributed by atoms with Gasteiger partial charge in [0.25, 0.3) is 0 Å². The van der Waals surface area contributed by atoms with Gasteiger partial charge in [0.15, 0.2) is 0 Å². The standard InChI is InChI=1S/C30H34BrN3O3/c1-20(2)16-27-30(37)33(15-14-28(35)34(27)19-21-9-12-25(31)13-10-21)26(29(36)32-3)18-22-8-11-23-6-4-5-7-24(23)17-22/h4-13,17,20,26-27H,14-16,18-19H2,1-3H3,(H,32,36)/t26-,27-/m0/s1. The van der Waals surface area contributed by atoms with Crippen molar-refractivity contribution in [2.45, 2.75) is 51.7 Å². The highest BCUT2D eigenvalue weighted by molar-refractivity contribution is 9.10. The van der Waals surface area contributed by atoms with Gasteiger partial charge in [-0.25, -0.2) is 0 Å². The molecule has 0 unspecified atom stereocenters. The van der Waals surface area contributed by atoms with E-state index in [9.17, 15) is 14.4 Å². The first-order chi connectivity index (χ1) is 17.8. The summed E-state index contributed by atoms with van der Waals surface area (Å²) in [5.41, 5.74) is 1.94. The van der Waals surface area contributed by atoms with E-state index in [0.717, 1.165) is 26.4 Å². The zero-order valence-electron chi connectivity index (χ0n) is 21.6. The van der Waals surface area contributed by atoms with Crippen molar-refractivity contribution >= 4 is 44.4 Å². The molecule has 0 aromatic heterocycles. The summed E-state index contributed by atoms with van der Waals surface area (Å²) in [5.74, 6) is -0.247. The quantitative estimate of drug-likeness (QED) is 0.422. The zero-order valence-corrected chi connectivity index (χ0v) is 23.2. The fourth-order valence-corrected chi connectivity index (χ4v) is 5.30. The lowest BCUT2D eigenvalue weighted by Gasteiger charge is -2.35. The third-order valence-electron chi connectivity index (χ3n) is 6.96. The van der Waals surface area contributed by atoms with E-state index < -0.39 is 12.1 Å². The number of halogens is 1. The van der Waals surface area contributed by atoms with E-state index in [1.165, 1.54) is 0 Å². The van der Waals surface area contributed by atoms with Crippen molar-refractivity contribution in [2.75, 3.05) is 13.6 Å². The Balaban J connectivity index is 1.65. The molecule has 3 aromatic rings. The highest BCUT2D eigenvalue weighted by Crippen LogP contribution is 2.26. The van der Waals surface area contributed by atoms with Gasteiger partial charge in [0, 0.05) is 37.5 Å². The minimum absolute atomic E-state index is 0.0641. The Morgan fingerprint density at radius 1 is 1.00 bits per heavy atom. The number of rotatable bonds is 8. The van der Waals surface area contributed by atoms with Crippen LogP contribution in [-0.4, -0.2) is 53.2 Å². The third kappa shape index (κ3) is 6.39. The summed E-state index contributed by atoms with van der Waals surface area (Å²) in [6, 6.07) is 20.7. The lowest BCUT2D eigenvalue weighted by Crippen LogP contribution is -2.54. The molecule has 1 N–H and O–H groups in total. The van der Waals surface area contributed by atoms with E-state index >= 15 is 0 Å². The second-order valence-electron chi connectivity index (χ2n) is 10.1. The molecule has 37 heavy (non-hydrogen) atoms. The number of amides is 3. The molecule has 0 spiro atoms. The summed E-state index contributed by atoms with van der Waals surface area (Å²) < 4.78 is 0.960. The molecule has 3 amide bonds. The van der Waals surface area contributed by atoms with Crippen LogP contribution in [0.25, 0.3) is 10.8 Å². The Bertz CT molecular complexity index is 1270. The normalized spacial score (nSPS) is 17.3. The Hall–Kier alpha value is -3.19. The average Bonchev–Trinajstić information content (AvgIpc) is 3.00. The van der Waals surface area contributed by atoms with Crippen LogP contribution >= 0.6 is 15.9 Å². The van der Waals surface area contributed by atoms with Gasteiger partial charge in [-0.1, -0.05) is 84.4 Å². The van der Waals surface area contributed by atoms with Gasteiger partial charge < -0.3 is 15.1 Å². The molecule has 1 fully saturated rings. The van der Waals surface area contributed by atoms with Crippen molar-refractivity contribution in [2.24, 2.45) is 5.92 Å². The summed E-state index contributed by atoms with van der Waals surface area (Å²) in [4.78, 5) is 44.0. The molecule has 2 atom stereocenters. The Labute approximate surface area is 227 Å². The van der Waals surface area contributed by atoms with Crippen LogP contribution in [0.2, 0.25) is 0 Å². The van der Waals surface area contributed by atoms with Gasteiger partial charge in [-0.15, -0.1) is 0 Å². The topological polar surface area (TPSA) is 69.7 Å². The van der Waals surface area contributed by atoms with Gasteiger partial charge >= 0.3 is 0 Å². The molecule has 1 aliphatic rings. The van der Waals surface area contributed by atoms with E-state index in [1.54, 1.807) is 16.8 Å².